The molecule has 3 nitrogen and oxygen atoms in total. The minimum Gasteiger partial charge on any atom is -0.299 e. The van der Waals surface area contributed by atoms with Gasteiger partial charge in [-0.05, 0) is 71.1 Å². The van der Waals surface area contributed by atoms with Crippen LogP contribution in [0.25, 0.3) is 0 Å². The first-order valence-corrected chi connectivity index (χ1v) is 22.4. The van der Waals surface area contributed by atoms with Crippen LogP contribution in [0.5, 0.6) is 0 Å². The van der Waals surface area contributed by atoms with Crippen molar-refractivity contribution < 1.29 is 14.4 Å². The van der Waals surface area contributed by atoms with Gasteiger partial charge in [0, 0.05) is 12.8 Å². The first-order chi connectivity index (χ1) is 24.5. The van der Waals surface area contributed by atoms with Gasteiger partial charge in [0.05, 0.1) is 0 Å². The van der Waals surface area contributed by atoms with Gasteiger partial charge >= 0.3 is 0 Å². The van der Waals surface area contributed by atoms with Crippen molar-refractivity contribution in [2.24, 2.45) is 5.92 Å². The number of unbranched alkanes of at least 4 members (excludes halogenated alkanes) is 30. The molecule has 0 amide bonds. The molecule has 0 saturated carbocycles. The fourth-order valence-corrected chi connectivity index (χ4v) is 7.08. The molecule has 0 aliphatic carbocycles. The Hall–Kier alpha value is -1.51. The van der Waals surface area contributed by atoms with E-state index in [-0.39, 0.29) is 17.3 Å². The second-order valence-corrected chi connectivity index (χ2v) is 15.5. The Bertz CT molecular complexity index is 749. The molecule has 0 fully saturated rings. The molecule has 0 aromatic rings. The van der Waals surface area contributed by atoms with Crippen LogP contribution in [0.15, 0.2) is 24.3 Å². The monoisotopic (exact) mass is 699 g/mol. The van der Waals surface area contributed by atoms with Gasteiger partial charge in [-0.1, -0.05) is 192 Å². The van der Waals surface area contributed by atoms with E-state index >= 15 is 0 Å². The van der Waals surface area contributed by atoms with E-state index in [0.717, 1.165) is 38.5 Å². The third kappa shape index (κ3) is 34.9. The molecule has 0 aromatic heterocycles. The highest BCUT2D eigenvalue weighted by atomic mass is 16.2. The molecule has 0 rings (SSSR count). The Balaban J connectivity index is 3.64. The molecular weight excluding hydrogens is 613 g/mol. The number of Topliss-reactive ketones (excluding diaryl/α,β-unsaturated/α-hetero) is 3. The Labute approximate surface area is 313 Å². The number of hydrogen-bond donors (Lipinski definition) is 0. The highest BCUT2D eigenvalue weighted by molar-refractivity contribution is 6.18. The van der Waals surface area contributed by atoms with E-state index in [1.165, 1.54) is 187 Å². The SMILES string of the molecule is CCCCCCCC/C=C\CCCCCCCCCCCC(=O)C(C(C)=O)C(=O)CCCCCCCCCCC/C=C\CCCCCCCC. The molecule has 0 atom stereocenters. The molecule has 0 aromatic carbocycles. The number of carbonyl (C=O) groups is 3. The molecule has 0 spiro atoms. The van der Waals surface area contributed by atoms with Crippen molar-refractivity contribution in [2.45, 2.75) is 252 Å². The summed E-state index contributed by atoms with van der Waals surface area (Å²) in [5, 5.41) is 0. The second-order valence-electron chi connectivity index (χ2n) is 15.5. The lowest BCUT2D eigenvalue weighted by atomic mass is 9.89. The molecule has 0 N–H and O–H groups in total. The number of hydrogen-bond acceptors (Lipinski definition) is 3. The summed E-state index contributed by atoms with van der Waals surface area (Å²) in [6.07, 6.45) is 53.2. The van der Waals surface area contributed by atoms with Gasteiger partial charge in [-0.3, -0.25) is 14.4 Å². The summed E-state index contributed by atoms with van der Waals surface area (Å²) >= 11 is 0. The normalized spacial score (nSPS) is 11.8. The highest BCUT2D eigenvalue weighted by Gasteiger charge is 2.29. The average molecular weight is 699 g/mol. The van der Waals surface area contributed by atoms with Crippen molar-refractivity contribution in [1.29, 1.82) is 0 Å². The Kier molecular flexibility index (Phi) is 39.0. The summed E-state index contributed by atoms with van der Waals surface area (Å²) in [7, 11) is 0. The smallest absolute Gasteiger partial charge is 0.150 e. The van der Waals surface area contributed by atoms with E-state index in [2.05, 4.69) is 38.2 Å². The van der Waals surface area contributed by atoms with Crippen LogP contribution in [-0.4, -0.2) is 17.3 Å². The minimum absolute atomic E-state index is 0.142. The van der Waals surface area contributed by atoms with Crippen molar-refractivity contribution in [2.75, 3.05) is 0 Å². The van der Waals surface area contributed by atoms with Crippen LogP contribution in [0.2, 0.25) is 0 Å². The van der Waals surface area contributed by atoms with E-state index in [0.29, 0.717) is 12.8 Å². The zero-order chi connectivity index (χ0) is 36.6. The van der Waals surface area contributed by atoms with Crippen LogP contribution in [0.1, 0.15) is 252 Å². The fraction of sp³-hybridized carbons (Fsp3) is 0.851. The molecule has 0 unspecified atom stereocenters. The van der Waals surface area contributed by atoms with Gasteiger partial charge < -0.3 is 0 Å². The lowest BCUT2D eigenvalue weighted by Gasteiger charge is -2.12. The maximum absolute atomic E-state index is 12.8. The summed E-state index contributed by atoms with van der Waals surface area (Å²) < 4.78 is 0. The molecule has 3 heteroatoms. The van der Waals surface area contributed by atoms with Crippen LogP contribution in [-0.2, 0) is 14.4 Å². The summed E-state index contributed by atoms with van der Waals surface area (Å²) in [6.45, 7) is 5.96. The van der Waals surface area contributed by atoms with E-state index in [1.54, 1.807) is 0 Å². The molecular formula is C47H86O3. The van der Waals surface area contributed by atoms with Gasteiger partial charge in [0.25, 0.3) is 0 Å². The summed E-state index contributed by atoms with van der Waals surface area (Å²) in [6, 6.07) is 0. The summed E-state index contributed by atoms with van der Waals surface area (Å²) in [5.74, 6) is -1.55. The second kappa shape index (κ2) is 40.3. The number of carbonyl (C=O) groups excluding carboxylic acids is 3. The van der Waals surface area contributed by atoms with E-state index in [4.69, 9.17) is 0 Å². The lowest BCUT2D eigenvalue weighted by Crippen LogP contribution is -2.30. The van der Waals surface area contributed by atoms with Crippen molar-refractivity contribution >= 4 is 17.3 Å². The van der Waals surface area contributed by atoms with Gasteiger partial charge in [0.15, 0.2) is 11.6 Å². The van der Waals surface area contributed by atoms with Crippen LogP contribution in [0, 0.1) is 5.92 Å². The minimum atomic E-state index is -1.01. The van der Waals surface area contributed by atoms with Crippen molar-refractivity contribution in [3.05, 3.63) is 24.3 Å². The van der Waals surface area contributed by atoms with Gasteiger partial charge in [-0.15, -0.1) is 0 Å². The number of allylic oxidation sites excluding steroid dienone is 4. The summed E-state index contributed by atoms with van der Waals surface area (Å²) in [4.78, 5) is 37.7. The van der Waals surface area contributed by atoms with Crippen LogP contribution < -0.4 is 0 Å². The zero-order valence-corrected chi connectivity index (χ0v) is 34.1. The van der Waals surface area contributed by atoms with E-state index in [1.807, 2.05) is 0 Å². The summed E-state index contributed by atoms with van der Waals surface area (Å²) in [5.41, 5.74) is 0. The predicted octanol–water partition coefficient (Wildman–Crippen LogP) is 15.5. The Morgan fingerprint density at radius 1 is 0.340 bits per heavy atom. The largest absolute Gasteiger partial charge is 0.299 e. The first-order valence-electron chi connectivity index (χ1n) is 22.4. The molecule has 0 aliphatic heterocycles. The lowest BCUT2D eigenvalue weighted by molar-refractivity contribution is -0.139. The molecule has 0 bridgehead atoms. The number of rotatable bonds is 41. The average Bonchev–Trinajstić information content (AvgIpc) is 3.10. The van der Waals surface area contributed by atoms with Crippen molar-refractivity contribution in [3.63, 3.8) is 0 Å². The van der Waals surface area contributed by atoms with Gasteiger partial charge in [-0.2, -0.15) is 0 Å². The van der Waals surface area contributed by atoms with Gasteiger partial charge in [-0.25, -0.2) is 0 Å². The van der Waals surface area contributed by atoms with E-state index in [9.17, 15) is 14.4 Å². The maximum atomic E-state index is 12.8. The molecule has 50 heavy (non-hydrogen) atoms. The standard InChI is InChI=1S/C47H86O3/c1-4-6-8-10-12-14-16-18-20-22-24-26-28-30-32-34-36-38-40-42-45(49)47(44(3)48)46(50)43-41-39-37-35-33-31-29-27-25-23-21-19-17-15-13-11-9-7-5-2/h18-21,47H,4-17,22-43H2,1-3H3/b20-18-,21-19-. The maximum Gasteiger partial charge on any atom is 0.150 e. The van der Waals surface area contributed by atoms with Crippen molar-refractivity contribution in [1.82, 2.24) is 0 Å². The Morgan fingerprint density at radius 2 is 0.560 bits per heavy atom. The van der Waals surface area contributed by atoms with Crippen LogP contribution in [0.4, 0.5) is 0 Å². The fourth-order valence-electron chi connectivity index (χ4n) is 7.08. The van der Waals surface area contributed by atoms with Crippen molar-refractivity contribution in [3.8, 4) is 0 Å². The predicted molar refractivity (Wildman–Crippen MR) is 220 cm³/mol. The van der Waals surface area contributed by atoms with Crippen LogP contribution in [0.3, 0.4) is 0 Å². The Morgan fingerprint density at radius 3 is 0.800 bits per heavy atom. The molecule has 0 heterocycles. The molecule has 0 saturated heterocycles. The molecule has 0 radical (unpaired) electrons. The van der Waals surface area contributed by atoms with E-state index < -0.39 is 5.92 Å². The van der Waals surface area contributed by atoms with Gasteiger partial charge in [0.2, 0.25) is 0 Å². The van der Waals surface area contributed by atoms with Gasteiger partial charge in [0.1, 0.15) is 11.7 Å². The third-order valence-electron chi connectivity index (χ3n) is 10.4. The topological polar surface area (TPSA) is 51.2 Å². The van der Waals surface area contributed by atoms with Crippen LogP contribution >= 0.6 is 0 Å². The molecule has 292 valence electrons. The molecule has 0 aliphatic rings. The third-order valence-corrected chi connectivity index (χ3v) is 10.4. The quantitative estimate of drug-likeness (QED) is 0.0363. The first kappa shape index (κ1) is 48.5. The zero-order valence-electron chi connectivity index (χ0n) is 34.1. The number of ketones is 3. The highest BCUT2D eigenvalue weighted by Crippen LogP contribution is 2.18.